The minimum absolute atomic E-state index is 0.280. The molecule has 2 nitrogen and oxygen atoms in total. The molecule has 3 atom stereocenters. The van der Waals surface area contributed by atoms with Gasteiger partial charge in [-0.2, -0.15) is 0 Å². The Balaban J connectivity index is 1.78. The van der Waals surface area contributed by atoms with Gasteiger partial charge in [-0.25, -0.2) is 0 Å². The van der Waals surface area contributed by atoms with Crippen molar-refractivity contribution in [3.8, 4) is 0 Å². The zero-order chi connectivity index (χ0) is 9.47. The van der Waals surface area contributed by atoms with Crippen LogP contribution in [0, 0.1) is 5.92 Å². The standard InChI is InChI=1S/C11H22N2/c1-11(2,3)12-7-8-6-9-4-5-10(8)13-9/h8-10,12-13H,4-7H2,1-3H3. The van der Waals surface area contributed by atoms with Crippen LogP contribution in [-0.2, 0) is 0 Å². The van der Waals surface area contributed by atoms with Crippen molar-refractivity contribution < 1.29 is 0 Å². The topological polar surface area (TPSA) is 24.1 Å². The summed E-state index contributed by atoms with van der Waals surface area (Å²) in [5.41, 5.74) is 0.280. The Kier molecular flexibility index (Phi) is 2.37. The highest BCUT2D eigenvalue weighted by atomic mass is 15.1. The van der Waals surface area contributed by atoms with E-state index in [2.05, 4.69) is 31.4 Å². The molecule has 0 aromatic heterocycles. The second-order valence-electron chi connectivity index (χ2n) is 5.67. The average molecular weight is 182 g/mol. The first-order valence-corrected chi connectivity index (χ1v) is 5.56. The summed E-state index contributed by atoms with van der Waals surface area (Å²) >= 11 is 0. The van der Waals surface area contributed by atoms with E-state index in [-0.39, 0.29) is 5.54 Å². The molecule has 3 unspecified atom stereocenters. The van der Waals surface area contributed by atoms with Crippen LogP contribution in [0.25, 0.3) is 0 Å². The lowest BCUT2D eigenvalue weighted by Gasteiger charge is -2.26. The van der Waals surface area contributed by atoms with Gasteiger partial charge < -0.3 is 10.6 Å². The van der Waals surface area contributed by atoms with Gasteiger partial charge in [0.15, 0.2) is 0 Å². The second-order valence-corrected chi connectivity index (χ2v) is 5.67. The Hall–Kier alpha value is -0.0800. The monoisotopic (exact) mass is 182 g/mol. The van der Waals surface area contributed by atoms with Gasteiger partial charge in [-0.05, 0) is 52.5 Å². The molecule has 2 saturated heterocycles. The molecular formula is C11H22N2. The second kappa shape index (κ2) is 3.25. The van der Waals surface area contributed by atoms with Crippen LogP contribution in [0.15, 0.2) is 0 Å². The molecule has 0 radical (unpaired) electrons. The predicted octanol–water partition coefficient (Wildman–Crippen LogP) is 1.51. The van der Waals surface area contributed by atoms with Crippen molar-refractivity contribution in [2.45, 2.75) is 57.7 Å². The van der Waals surface area contributed by atoms with Crippen LogP contribution in [0.1, 0.15) is 40.0 Å². The van der Waals surface area contributed by atoms with E-state index in [1.807, 2.05) is 0 Å². The molecule has 2 bridgehead atoms. The minimum atomic E-state index is 0.280. The van der Waals surface area contributed by atoms with Gasteiger partial charge in [-0.3, -0.25) is 0 Å². The third-order valence-corrected chi connectivity index (χ3v) is 3.33. The fraction of sp³-hybridized carbons (Fsp3) is 1.00. The van der Waals surface area contributed by atoms with E-state index in [0.29, 0.717) is 0 Å². The van der Waals surface area contributed by atoms with Crippen LogP contribution < -0.4 is 10.6 Å². The quantitative estimate of drug-likeness (QED) is 0.676. The van der Waals surface area contributed by atoms with Crippen molar-refractivity contribution in [2.24, 2.45) is 5.92 Å². The highest BCUT2D eigenvalue weighted by Gasteiger charge is 2.38. The number of nitrogens with one attached hydrogen (secondary N) is 2. The van der Waals surface area contributed by atoms with Gasteiger partial charge in [0.25, 0.3) is 0 Å². The Morgan fingerprint density at radius 2 is 2.08 bits per heavy atom. The van der Waals surface area contributed by atoms with E-state index in [9.17, 15) is 0 Å². The van der Waals surface area contributed by atoms with Crippen molar-refractivity contribution in [1.29, 1.82) is 0 Å². The van der Waals surface area contributed by atoms with Gasteiger partial charge in [0.05, 0.1) is 0 Å². The van der Waals surface area contributed by atoms with Crippen LogP contribution >= 0.6 is 0 Å². The van der Waals surface area contributed by atoms with E-state index < -0.39 is 0 Å². The normalized spacial score (nSPS) is 38.5. The molecule has 2 rings (SSSR count). The molecule has 76 valence electrons. The highest BCUT2D eigenvalue weighted by Crippen LogP contribution is 2.32. The maximum atomic E-state index is 3.67. The smallest absolute Gasteiger partial charge is 0.0111 e. The molecule has 2 heterocycles. The van der Waals surface area contributed by atoms with Crippen LogP contribution in [0.2, 0.25) is 0 Å². The summed E-state index contributed by atoms with van der Waals surface area (Å²) in [6.45, 7) is 7.92. The summed E-state index contributed by atoms with van der Waals surface area (Å²) in [6.07, 6.45) is 4.21. The Morgan fingerprint density at radius 1 is 1.31 bits per heavy atom. The van der Waals surface area contributed by atoms with Gasteiger partial charge in [0.2, 0.25) is 0 Å². The van der Waals surface area contributed by atoms with E-state index in [1.54, 1.807) is 0 Å². The SMILES string of the molecule is CC(C)(C)NCC1CC2CCC1N2. The fourth-order valence-corrected chi connectivity index (χ4v) is 2.60. The first kappa shape index (κ1) is 9.47. The first-order chi connectivity index (χ1) is 6.04. The number of fused-ring (bicyclic) bond motifs is 2. The Morgan fingerprint density at radius 3 is 2.54 bits per heavy atom. The zero-order valence-corrected chi connectivity index (χ0v) is 9.06. The van der Waals surface area contributed by atoms with Crippen molar-refractivity contribution in [2.75, 3.05) is 6.54 Å². The Labute approximate surface area is 81.5 Å². The molecule has 2 aliphatic rings. The van der Waals surface area contributed by atoms with E-state index in [4.69, 9.17) is 0 Å². The van der Waals surface area contributed by atoms with Crippen molar-refractivity contribution in [3.05, 3.63) is 0 Å². The van der Waals surface area contributed by atoms with Gasteiger partial charge >= 0.3 is 0 Å². The number of hydrogen-bond donors (Lipinski definition) is 2. The van der Waals surface area contributed by atoms with Crippen LogP contribution in [0.5, 0.6) is 0 Å². The first-order valence-electron chi connectivity index (χ1n) is 5.56. The molecule has 0 amide bonds. The van der Waals surface area contributed by atoms with Crippen LogP contribution in [0.3, 0.4) is 0 Å². The van der Waals surface area contributed by atoms with Gasteiger partial charge in [-0.15, -0.1) is 0 Å². The summed E-state index contributed by atoms with van der Waals surface area (Å²) in [4.78, 5) is 0. The molecule has 0 spiro atoms. The summed E-state index contributed by atoms with van der Waals surface area (Å²) in [6, 6.07) is 1.66. The molecule has 0 saturated carbocycles. The molecule has 2 fully saturated rings. The maximum absolute atomic E-state index is 3.67. The summed E-state index contributed by atoms with van der Waals surface area (Å²) in [7, 11) is 0. The number of rotatable bonds is 2. The summed E-state index contributed by atoms with van der Waals surface area (Å²) < 4.78 is 0. The summed E-state index contributed by atoms with van der Waals surface area (Å²) in [5, 5.41) is 7.28. The average Bonchev–Trinajstić information content (AvgIpc) is 2.58. The minimum Gasteiger partial charge on any atom is -0.312 e. The lowest BCUT2D eigenvalue weighted by molar-refractivity contribution is 0.329. The Bertz CT molecular complexity index is 183. The van der Waals surface area contributed by atoms with Crippen LogP contribution in [-0.4, -0.2) is 24.2 Å². The molecule has 0 aromatic rings. The third kappa shape index (κ3) is 2.23. The number of hydrogen-bond acceptors (Lipinski definition) is 2. The van der Waals surface area contributed by atoms with Gasteiger partial charge in [0.1, 0.15) is 0 Å². The predicted molar refractivity (Wildman–Crippen MR) is 55.8 cm³/mol. The third-order valence-electron chi connectivity index (χ3n) is 3.33. The lowest BCUT2D eigenvalue weighted by atomic mass is 9.88. The van der Waals surface area contributed by atoms with Gasteiger partial charge in [0, 0.05) is 17.6 Å². The van der Waals surface area contributed by atoms with Crippen molar-refractivity contribution in [1.82, 2.24) is 10.6 Å². The van der Waals surface area contributed by atoms with Gasteiger partial charge in [-0.1, -0.05) is 0 Å². The van der Waals surface area contributed by atoms with Crippen molar-refractivity contribution >= 4 is 0 Å². The zero-order valence-electron chi connectivity index (χ0n) is 9.06. The molecular weight excluding hydrogens is 160 g/mol. The molecule has 13 heavy (non-hydrogen) atoms. The van der Waals surface area contributed by atoms with E-state index in [1.165, 1.54) is 25.8 Å². The van der Waals surface area contributed by atoms with E-state index in [0.717, 1.165) is 18.0 Å². The largest absolute Gasteiger partial charge is 0.312 e. The molecule has 2 N–H and O–H groups in total. The molecule has 0 aliphatic carbocycles. The highest BCUT2D eigenvalue weighted by molar-refractivity contribution is 4.98. The fourth-order valence-electron chi connectivity index (χ4n) is 2.60. The molecule has 2 heteroatoms. The summed E-state index contributed by atoms with van der Waals surface area (Å²) in [5.74, 6) is 0.887. The van der Waals surface area contributed by atoms with E-state index >= 15 is 0 Å². The van der Waals surface area contributed by atoms with Crippen molar-refractivity contribution in [3.63, 3.8) is 0 Å². The van der Waals surface area contributed by atoms with Crippen LogP contribution in [0.4, 0.5) is 0 Å². The molecule has 2 aliphatic heterocycles. The molecule has 0 aromatic carbocycles. The lowest BCUT2D eigenvalue weighted by Crippen LogP contribution is -2.41. The maximum Gasteiger partial charge on any atom is 0.0111 e.